The Bertz CT molecular complexity index is 72.8. The van der Waals surface area contributed by atoms with Crippen LogP contribution in [0.1, 0.15) is 13.3 Å². The average Bonchev–Trinajstić information content (AvgIpc) is 1.66. The predicted octanol–water partition coefficient (Wildman–Crippen LogP) is 0.232. The Hall–Kier alpha value is -0.570. The van der Waals surface area contributed by atoms with E-state index in [-0.39, 0.29) is 6.54 Å². The fraction of sp³-hybridized carbons (Fsp3) is 0.600. The van der Waals surface area contributed by atoms with Crippen molar-refractivity contribution in [1.29, 1.82) is 0 Å². The molecule has 0 heterocycles. The molecule has 0 spiro atoms. The van der Waals surface area contributed by atoms with Crippen LogP contribution in [0.5, 0.6) is 0 Å². The molecule has 0 fully saturated rings. The molecular formula is C5H10NO2. The molecule has 0 aliphatic heterocycles. The van der Waals surface area contributed by atoms with Crippen molar-refractivity contribution in [3.63, 3.8) is 0 Å². The van der Waals surface area contributed by atoms with Gasteiger partial charge in [0.15, 0.2) is 0 Å². The Morgan fingerprint density at radius 3 is 2.88 bits per heavy atom. The standard InChI is InChI=1S/C5H10NO2/c1-2-3-6-4-5(7)8/h3,6H,2,4H2,1H3,(H,7,8). The van der Waals surface area contributed by atoms with Gasteiger partial charge in [-0.1, -0.05) is 6.92 Å². The predicted molar refractivity (Wildman–Crippen MR) is 30.2 cm³/mol. The van der Waals surface area contributed by atoms with E-state index in [0.717, 1.165) is 6.42 Å². The fourth-order valence-electron chi connectivity index (χ4n) is 0.304. The summed E-state index contributed by atoms with van der Waals surface area (Å²) in [6.45, 7) is 3.68. The minimum absolute atomic E-state index is 0.0217. The quantitative estimate of drug-likeness (QED) is 0.517. The van der Waals surface area contributed by atoms with E-state index in [0.29, 0.717) is 0 Å². The lowest BCUT2D eigenvalue weighted by atomic mass is 10.5. The number of hydrogen-bond acceptors (Lipinski definition) is 2. The van der Waals surface area contributed by atoms with Gasteiger partial charge in [-0.15, -0.1) is 0 Å². The molecule has 0 atom stereocenters. The molecule has 0 bridgehead atoms. The molecule has 0 aliphatic rings. The molecule has 0 saturated heterocycles. The second kappa shape index (κ2) is 4.59. The molecule has 0 rings (SSSR count). The normalized spacial score (nSPS) is 9.12. The van der Waals surface area contributed by atoms with Crippen molar-refractivity contribution in [2.24, 2.45) is 0 Å². The number of carbonyl (C=O) groups is 1. The van der Waals surface area contributed by atoms with Crippen molar-refractivity contribution < 1.29 is 9.90 Å². The van der Waals surface area contributed by atoms with Crippen molar-refractivity contribution in [3.8, 4) is 0 Å². The minimum Gasteiger partial charge on any atom is -0.480 e. The summed E-state index contributed by atoms with van der Waals surface area (Å²) in [6.07, 6.45) is 0.854. The molecule has 0 aromatic rings. The molecule has 8 heavy (non-hydrogen) atoms. The largest absolute Gasteiger partial charge is 0.480 e. The highest BCUT2D eigenvalue weighted by molar-refractivity contribution is 5.69. The van der Waals surface area contributed by atoms with Gasteiger partial charge < -0.3 is 10.4 Å². The van der Waals surface area contributed by atoms with Crippen molar-refractivity contribution in [3.05, 3.63) is 6.54 Å². The SMILES string of the molecule is CC[CH]NCC(=O)O. The number of carboxylic acid groups (broad SMARTS) is 1. The maximum absolute atomic E-state index is 9.79. The van der Waals surface area contributed by atoms with Gasteiger partial charge in [0.05, 0.1) is 6.54 Å². The van der Waals surface area contributed by atoms with Crippen molar-refractivity contribution >= 4 is 5.97 Å². The smallest absolute Gasteiger partial charge is 0.317 e. The lowest BCUT2D eigenvalue weighted by molar-refractivity contribution is -0.135. The highest BCUT2D eigenvalue weighted by Crippen LogP contribution is 1.75. The van der Waals surface area contributed by atoms with Crippen LogP contribution < -0.4 is 5.32 Å². The zero-order valence-electron chi connectivity index (χ0n) is 4.85. The first kappa shape index (κ1) is 7.43. The second-order valence-corrected chi connectivity index (χ2v) is 1.39. The molecule has 0 aromatic carbocycles. The number of nitrogens with one attached hydrogen (secondary N) is 1. The summed E-state index contributed by atoms with van der Waals surface area (Å²) in [7, 11) is 0. The van der Waals surface area contributed by atoms with Crippen LogP contribution in [0, 0.1) is 6.54 Å². The lowest BCUT2D eigenvalue weighted by Crippen LogP contribution is -2.19. The van der Waals surface area contributed by atoms with Gasteiger partial charge in [-0.05, 0) is 6.42 Å². The van der Waals surface area contributed by atoms with Crippen LogP contribution in [0.25, 0.3) is 0 Å². The summed E-state index contributed by atoms with van der Waals surface area (Å²) in [5.74, 6) is -0.824. The maximum Gasteiger partial charge on any atom is 0.317 e. The van der Waals surface area contributed by atoms with E-state index in [1.54, 1.807) is 6.54 Å². The van der Waals surface area contributed by atoms with E-state index in [4.69, 9.17) is 5.11 Å². The first-order chi connectivity index (χ1) is 3.77. The van der Waals surface area contributed by atoms with Gasteiger partial charge in [0.1, 0.15) is 0 Å². The minimum atomic E-state index is -0.824. The summed E-state index contributed by atoms with van der Waals surface area (Å²) in [5.41, 5.74) is 0. The topological polar surface area (TPSA) is 49.3 Å². The molecule has 0 aliphatic carbocycles. The molecule has 0 saturated carbocycles. The van der Waals surface area contributed by atoms with E-state index < -0.39 is 5.97 Å². The third-order valence-corrected chi connectivity index (χ3v) is 0.602. The zero-order chi connectivity index (χ0) is 6.41. The second-order valence-electron chi connectivity index (χ2n) is 1.39. The summed E-state index contributed by atoms with van der Waals surface area (Å²) < 4.78 is 0. The molecular weight excluding hydrogens is 106 g/mol. The molecule has 0 aromatic heterocycles. The van der Waals surface area contributed by atoms with Crippen LogP contribution in [-0.2, 0) is 4.79 Å². The molecule has 3 heteroatoms. The molecule has 3 nitrogen and oxygen atoms in total. The van der Waals surface area contributed by atoms with Crippen LogP contribution >= 0.6 is 0 Å². The average molecular weight is 116 g/mol. The molecule has 0 amide bonds. The third kappa shape index (κ3) is 5.43. The Morgan fingerprint density at radius 2 is 2.50 bits per heavy atom. The van der Waals surface area contributed by atoms with Gasteiger partial charge in [0.25, 0.3) is 0 Å². The van der Waals surface area contributed by atoms with Crippen molar-refractivity contribution in [1.82, 2.24) is 5.32 Å². The van der Waals surface area contributed by atoms with Gasteiger partial charge >= 0.3 is 5.97 Å². The molecule has 2 N–H and O–H groups in total. The Morgan fingerprint density at radius 1 is 1.88 bits per heavy atom. The van der Waals surface area contributed by atoms with Crippen LogP contribution in [0.2, 0.25) is 0 Å². The summed E-state index contributed by atoms with van der Waals surface area (Å²) in [4.78, 5) is 9.79. The monoisotopic (exact) mass is 116 g/mol. The van der Waals surface area contributed by atoms with Crippen LogP contribution in [0.15, 0.2) is 0 Å². The van der Waals surface area contributed by atoms with Crippen LogP contribution in [0.3, 0.4) is 0 Å². The first-order valence-corrected chi connectivity index (χ1v) is 2.54. The Balaban J connectivity index is 2.82. The highest BCUT2D eigenvalue weighted by atomic mass is 16.4. The lowest BCUT2D eigenvalue weighted by Gasteiger charge is -1.93. The van der Waals surface area contributed by atoms with Gasteiger partial charge in [0.2, 0.25) is 0 Å². The van der Waals surface area contributed by atoms with Crippen LogP contribution in [-0.4, -0.2) is 17.6 Å². The molecule has 1 radical (unpaired) electrons. The maximum atomic E-state index is 9.79. The Labute approximate surface area is 48.7 Å². The van der Waals surface area contributed by atoms with Gasteiger partial charge in [-0.3, -0.25) is 4.79 Å². The number of carboxylic acids is 1. The third-order valence-electron chi connectivity index (χ3n) is 0.602. The molecule has 47 valence electrons. The van der Waals surface area contributed by atoms with Gasteiger partial charge in [-0.25, -0.2) is 0 Å². The Kier molecular flexibility index (Phi) is 4.26. The fourth-order valence-corrected chi connectivity index (χ4v) is 0.304. The zero-order valence-corrected chi connectivity index (χ0v) is 4.85. The van der Waals surface area contributed by atoms with Crippen molar-refractivity contribution in [2.45, 2.75) is 13.3 Å². The number of hydrogen-bond donors (Lipinski definition) is 2. The van der Waals surface area contributed by atoms with E-state index in [1.165, 1.54) is 0 Å². The van der Waals surface area contributed by atoms with E-state index in [2.05, 4.69) is 5.32 Å². The first-order valence-electron chi connectivity index (χ1n) is 2.54. The summed E-state index contributed by atoms with van der Waals surface area (Å²) in [5, 5.41) is 10.7. The molecule has 0 unspecified atom stereocenters. The highest BCUT2D eigenvalue weighted by Gasteiger charge is 1.91. The number of rotatable bonds is 4. The number of aliphatic carboxylic acids is 1. The van der Waals surface area contributed by atoms with Crippen LogP contribution in [0.4, 0.5) is 0 Å². The summed E-state index contributed by atoms with van der Waals surface area (Å²) >= 11 is 0. The van der Waals surface area contributed by atoms with Gasteiger partial charge in [0, 0.05) is 6.54 Å². The van der Waals surface area contributed by atoms with E-state index in [1.807, 2.05) is 6.92 Å². The van der Waals surface area contributed by atoms with E-state index >= 15 is 0 Å². The van der Waals surface area contributed by atoms with E-state index in [9.17, 15) is 4.79 Å². The van der Waals surface area contributed by atoms with Crippen molar-refractivity contribution in [2.75, 3.05) is 6.54 Å². The summed E-state index contributed by atoms with van der Waals surface area (Å²) in [6, 6.07) is 0. The van der Waals surface area contributed by atoms with Gasteiger partial charge in [-0.2, -0.15) is 0 Å².